The van der Waals surface area contributed by atoms with Crippen LogP contribution in [0.2, 0.25) is 0 Å². The Morgan fingerprint density at radius 1 is 0.839 bits per heavy atom. The number of ether oxygens (including phenoxy) is 3. The zero-order valence-corrected chi connectivity index (χ0v) is 18.4. The Bertz CT molecular complexity index is 960. The molecule has 1 aliphatic heterocycles. The average molecular weight is 424 g/mol. The maximum Gasteiger partial charge on any atom is 0.282 e. The molecular weight excluding hydrogens is 396 g/mol. The van der Waals surface area contributed by atoms with Gasteiger partial charge in [0.1, 0.15) is 11.4 Å². The molecule has 0 N–H and O–H groups in total. The van der Waals surface area contributed by atoms with Crippen molar-refractivity contribution in [2.75, 3.05) is 52.5 Å². The van der Waals surface area contributed by atoms with Gasteiger partial charge in [0.05, 0.1) is 31.6 Å². The van der Waals surface area contributed by atoms with Crippen molar-refractivity contribution < 1.29 is 23.8 Å². The second kappa shape index (κ2) is 10.2. The lowest BCUT2D eigenvalue weighted by Gasteiger charge is -2.26. The number of hydrogen-bond donors (Lipinski definition) is 0. The van der Waals surface area contributed by atoms with Crippen molar-refractivity contribution in [3.8, 4) is 5.75 Å². The van der Waals surface area contributed by atoms with Crippen molar-refractivity contribution in [3.05, 3.63) is 65.4 Å². The van der Waals surface area contributed by atoms with E-state index in [2.05, 4.69) is 0 Å². The summed E-state index contributed by atoms with van der Waals surface area (Å²) in [5.41, 5.74) is 2.80. The molecule has 2 aromatic rings. The smallest absolute Gasteiger partial charge is 0.282 e. The highest BCUT2D eigenvalue weighted by molar-refractivity contribution is 6.45. The molecule has 7 heteroatoms. The molecule has 0 saturated carbocycles. The molecule has 0 radical (unpaired) electrons. The molecule has 0 atom stereocenters. The number of methoxy groups -OCH3 is 3. The van der Waals surface area contributed by atoms with Crippen LogP contribution in [0.15, 0.2) is 54.2 Å². The molecule has 0 aromatic heterocycles. The molecule has 0 spiro atoms. The summed E-state index contributed by atoms with van der Waals surface area (Å²) in [7, 11) is 4.80. The molecule has 2 aromatic carbocycles. The molecule has 3 rings (SSSR count). The largest absolute Gasteiger partial charge is 0.497 e. The standard InChI is InChI=1S/C24H28N2O5/c1-17-7-5-6-8-20(17)26-23(27)21(18-9-11-19(31-4)12-10-18)22(24(26)28)25(13-15-29-2)14-16-30-3/h5-12H,13-16H2,1-4H3. The molecule has 7 nitrogen and oxygen atoms in total. The van der Waals surface area contributed by atoms with Gasteiger partial charge in [-0.25, -0.2) is 4.90 Å². The number of carbonyl (C=O) groups is 2. The van der Waals surface area contributed by atoms with E-state index in [4.69, 9.17) is 14.2 Å². The molecular formula is C24H28N2O5. The van der Waals surface area contributed by atoms with Crippen LogP contribution in [0.3, 0.4) is 0 Å². The first kappa shape index (κ1) is 22.5. The molecule has 2 amide bonds. The first-order valence-electron chi connectivity index (χ1n) is 10.1. The number of aryl methyl sites for hydroxylation is 1. The fourth-order valence-corrected chi connectivity index (χ4v) is 3.60. The van der Waals surface area contributed by atoms with Crippen molar-refractivity contribution in [1.82, 2.24) is 4.90 Å². The number of nitrogens with zero attached hydrogens (tertiary/aromatic N) is 2. The third kappa shape index (κ3) is 4.62. The summed E-state index contributed by atoms with van der Waals surface area (Å²) < 4.78 is 15.7. The maximum atomic E-state index is 13.6. The molecule has 0 aliphatic carbocycles. The van der Waals surface area contributed by atoms with Crippen LogP contribution in [0.1, 0.15) is 11.1 Å². The van der Waals surface area contributed by atoms with Crippen LogP contribution in [-0.2, 0) is 19.1 Å². The molecule has 0 saturated heterocycles. The topological polar surface area (TPSA) is 68.3 Å². The van der Waals surface area contributed by atoms with Crippen molar-refractivity contribution >= 4 is 23.1 Å². The number of para-hydroxylation sites is 1. The van der Waals surface area contributed by atoms with Crippen LogP contribution in [0.25, 0.3) is 5.57 Å². The van der Waals surface area contributed by atoms with Crippen molar-refractivity contribution in [1.29, 1.82) is 0 Å². The quantitative estimate of drug-likeness (QED) is 0.547. The van der Waals surface area contributed by atoms with Gasteiger partial charge in [0, 0.05) is 27.3 Å². The first-order chi connectivity index (χ1) is 15.0. The molecule has 1 aliphatic rings. The van der Waals surface area contributed by atoms with E-state index in [0.29, 0.717) is 54.6 Å². The zero-order valence-electron chi connectivity index (χ0n) is 18.4. The lowest BCUT2D eigenvalue weighted by molar-refractivity contribution is -0.120. The third-order valence-electron chi connectivity index (χ3n) is 5.24. The first-order valence-corrected chi connectivity index (χ1v) is 10.1. The number of amides is 2. The summed E-state index contributed by atoms with van der Waals surface area (Å²) in [6, 6.07) is 14.5. The Hall–Kier alpha value is -3.16. The van der Waals surface area contributed by atoms with E-state index in [-0.39, 0.29) is 11.8 Å². The average Bonchev–Trinajstić information content (AvgIpc) is 3.04. The minimum absolute atomic E-state index is 0.348. The molecule has 0 bridgehead atoms. The molecule has 164 valence electrons. The van der Waals surface area contributed by atoms with Crippen LogP contribution in [0.5, 0.6) is 5.75 Å². The summed E-state index contributed by atoms with van der Waals surface area (Å²) in [5.74, 6) is -0.0225. The Morgan fingerprint density at radius 2 is 1.45 bits per heavy atom. The lowest BCUT2D eigenvalue weighted by Crippen LogP contribution is -2.38. The summed E-state index contributed by atoms with van der Waals surface area (Å²) in [6.07, 6.45) is 0. The van der Waals surface area contributed by atoms with Gasteiger partial charge in [-0.05, 0) is 36.2 Å². The highest BCUT2D eigenvalue weighted by Crippen LogP contribution is 2.36. The number of carbonyl (C=O) groups excluding carboxylic acids is 2. The van der Waals surface area contributed by atoms with Gasteiger partial charge in [-0.15, -0.1) is 0 Å². The van der Waals surface area contributed by atoms with Gasteiger partial charge in [-0.3, -0.25) is 9.59 Å². The summed E-state index contributed by atoms with van der Waals surface area (Å²) in [6.45, 7) is 3.61. The number of benzene rings is 2. The maximum absolute atomic E-state index is 13.6. The van der Waals surface area contributed by atoms with Crippen molar-refractivity contribution in [2.45, 2.75) is 6.92 Å². The Labute approximate surface area is 182 Å². The van der Waals surface area contributed by atoms with Gasteiger partial charge in [0.15, 0.2) is 0 Å². The van der Waals surface area contributed by atoms with E-state index >= 15 is 0 Å². The van der Waals surface area contributed by atoms with E-state index in [1.807, 2.05) is 30.0 Å². The summed E-state index contributed by atoms with van der Waals surface area (Å²) in [5, 5.41) is 0. The number of imide groups is 1. The SMILES string of the molecule is COCCN(CCOC)C1=C(c2ccc(OC)cc2)C(=O)N(c2ccccc2C)C1=O. The van der Waals surface area contributed by atoms with Crippen molar-refractivity contribution in [3.63, 3.8) is 0 Å². The fourth-order valence-electron chi connectivity index (χ4n) is 3.60. The molecule has 0 fully saturated rings. The van der Waals surface area contributed by atoms with E-state index in [0.717, 1.165) is 5.56 Å². The number of hydrogen-bond acceptors (Lipinski definition) is 6. The van der Waals surface area contributed by atoms with Crippen LogP contribution in [0.4, 0.5) is 5.69 Å². The second-order valence-electron chi connectivity index (χ2n) is 7.16. The monoisotopic (exact) mass is 424 g/mol. The van der Waals surface area contributed by atoms with Crippen LogP contribution >= 0.6 is 0 Å². The Balaban J connectivity index is 2.13. The minimum Gasteiger partial charge on any atom is -0.497 e. The van der Waals surface area contributed by atoms with Gasteiger partial charge in [-0.1, -0.05) is 30.3 Å². The predicted octanol–water partition coefficient (Wildman–Crippen LogP) is 2.88. The third-order valence-corrected chi connectivity index (χ3v) is 5.24. The van der Waals surface area contributed by atoms with E-state index in [1.165, 1.54) is 4.90 Å². The highest BCUT2D eigenvalue weighted by atomic mass is 16.5. The minimum atomic E-state index is -0.350. The summed E-state index contributed by atoms with van der Waals surface area (Å²) in [4.78, 5) is 30.4. The fraction of sp³-hybridized carbons (Fsp3) is 0.333. The Kier molecular flexibility index (Phi) is 7.44. The number of rotatable bonds is 10. The van der Waals surface area contributed by atoms with Crippen molar-refractivity contribution in [2.24, 2.45) is 0 Å². The normalized spacial score (nSPS) is 13.9. The van der Waals surface area contributed by atoms with Gasteiger partial charge in [0.2, 0.25) is 0 Å². The van der Waals surface area contributed by atoms with E-state index in [9.17, 15) is 9.59 Å². The molecule has 1 heterocycles. The zero-order chi connectivity index (χ0) is 22.4. The molecule has 0 unspecified atom stereocenters. The predicted molar refractivity (Wildman–Crippen MR) is 119 cm³/mol. The Morgan fingerprint density at radius 3 is 2.00 bits per heavy atom. The highest BCUT2D eigenvalue weighted by Gasteiger charge is 2.42. The van der Waals surface area contributed by atoms with Gasteiger partial charge >= 0.3 is 0 Å². The van der Waals surface area contributed by atoms with Gasteiger partial charge in [-0.2, -0.15) is 0 Å². The summed E-state index contributed by atoms with van der Waals surface area (Å²) >= 11 is 0. The second-order valence-corrected chi connectivity index (χ2v) is 7.16. The van der Waals surface area contributed by atoms with Crippen LogP contribution < -0.4 is 9.64 Å². The van der Waals surface area contributed by atoms with E-state index in [1.54, 1.807) is 51.7 Å². The van der Waals surface area contributed by atoms with Crippen LogP contribution in [-0.4, -0.2) is 64.3 Å². The van der Waals surface area contributed by atoms with Gasteiger partial charge < -0.3 is 19.1 Å². The van der Waals surface area contributed by atoms with E-state index < -0.39 is 0 Å². The molecule has 31 heavy (non-hydrogen) atoms. The number of anilines is 1. The lowest BCUT2D eigenvalue weighted by atomic mass is 10.0. The van der Waals surface area contributed by atoms with Gasteiger partial charge in [0.25, 0.3) is 11.8 Å². The van der Waals surface area contributed by atoms with Crippen LogP contribution in [0, 0.1) is 6.92 Å².